The van der Waals surface area contributed by atoms with Gasteiger partial charge in [0.25, 0.3) is 0 Å². The van der Waals surface area contributed by atoms with Crippen LogP contribution in [0.5, 0.6) is 0 Å². The summed E-state index contributed by atoms with van der Waals surface area (Å²) in [6.07, 6.45) is 0.868. The van der Waals surface area contributed by atoms with Crippen LogP contribution < -0.4 is 15.5 Å². The van der Waals surface area contributed by atoms with Crippen LogP contribution in [0.3, 0.4) is 0 Å². The summed E-state index contributed by atoms with van der Waals surface area (Å²) in [7, 11) is 1.82. The van der Waals surface area contributed by atoms with Gasteiger partial charge in [-0.25, -0.2) is 4.68 Å². The Labute approximate surface area is 252 Å². The number of tetrazole rings is 1. The molecule has 2 atom stereocenters. The molecule has 0 spiro atoms. The molecule has 1 aliphatic rings. The summed E-state index contributed by atoms with van der Waals surface area (Å²) in [5.74, 6) is 0.354. The number of nitrogens with zero attached hydrogens (tertiary/aromatic N) is 5. The number of hydrogen-bond donors (Lipinski definition) is 3. The van der Waals surface area contributed by atoms with E-state index in [-0.39, 0.29) is 18.2 Å². The van der Waals surface area contributed by atoms with Crippen molar-refractivity contribution in [1.82, 2.24) is 30.8 Å². The average molecular weight is 582 g/mol. The Hall–Kier alpha value is -4.41. The molecule has 0 radical (unpaired) electrons. The second-order valence-corrected chi connectivity index (χ2v) is 11.9. The zero-order valence-electron chi connectivity index (χ0n) is 25.1. The van der Waals surface area contributed by atoms with E-state index < -0.39 is 17.7 Å². The molecule has 0 saturated carbocycles. The van der Waals surface area contributed by atoms with Gasteiger partial charge in [0, 0.05) is 36.8 Å². The molecule has 0 bridgehead atoms. The lowest BCUT2D eigenvalue weighted by Gasteiger charge is -2.29. The van der Waals surface area contributed by atoms with Crippen molar-refractivity contribution in [2.75, 3.05) is 11.4 Å². The van der Waals surface area contributed by atoms with Gasteiger partial charge < -0.3 is 20.6 Å². The minimum Gasteiger partial charge on any atom is -0.392 e. The zero-order chi connectivity index (χ0) is 30.6. The first-order chi connectivity index (χ1) is 20.6. The summed E-state index contributed by atoms with van der Waals surface area (Å²) in [5, 5.41) is 27.8. The highest BCUT2D eigenvalue weighted by atomic mass is 16.3. The van der Waals surface area contributed by atoms with E-state index in [2.05, 4.69) is 26.2 Å². The van der Waals surface area contributed by atoms with Crippen molar-refractivity contribution < 1.29 is 14.7 Å². The van der Waals surface area contributed by atoms with E-state index in [1.165, 1.54) is 0 Å². The summed E-state index contributed by atoms with van der Waals surface area (Å²) < 4.78 is 1.65. The first-order valence-electron chi connectivity index (χ1n) is 14.6. The van der Waals surface area contributed by atoms with Gasteiger partial charge in [0.15, 0.2) is 5.82 Å². The monoisotopic (exact) mass is 581 g/mol. The van der Waals surface area contributed by atoms with Crippen LogP contribution in [0.15, 0.2) is 72.8 Å². The van der Waals surface area contributed by atoms with E-state index in [1.54, 1.807) is 16.5 Å². The van der Waals surface area contributed by atoms with Crippen LogP contribution in [-0.2, 0) is 29.6 Å². The minimum atomic E-state index is -0.640. The van der Waals surface area contributed by atoms with Crippen molar-refractivity contribution >= 4 is 17.5 Å². The van der Waals surface area contributed by atoms with E-state index in [9.17, 15) is 14.7 Å². The summed E-state index contributed by atoms with van der Waals surface area (Å²) in [5.41, 5.74) is 5.35. The normalized spacial score (nSPS) is 16.0. The fourth-order valence-electron chi connectivity index (χ4n) is 5.51. The maximum atomic E-state index is 14.0. The zero-order valence-corrected chi connectivity index (χ0v) is 25.1. The molecule has 2 heterocycles. The number of anilines is 1. The highest BCUT2D eigenvalue weighted by Gasteiger charge is 2.32. The number of carbonyl (C=O) groups excluding carboxylic acids is 2. The fraction of sp³-hybridized carbons (Fsp3) is 0.364. The second-order valence-electron chi connectivity index (χ2n) is 11.9. The predicted octanol–water partition coefficient (Wildman–Crippen LogP) is 3.65. The molecule has 4 aromatic rings. The Morgan fingerprint density at radius 1 is 1.05 bits per heavy atom. The molecule has 1 aromatic heterocycles. The average Bonchev–Trinajstić information content (AvgIpc) is 3.37. The van der Waals surface area contributed by atoms with Crippen molar-refractivity contribution in [2.45, 2.75) is 64.3 Å². The Balaban J connectivity index is 1.35. The van der Waals surface area contributed by atoms with Crippen LogP contribution in [0.1, 0.15) is 44.7 Å². The molecule has 2 amide bonds. The summed E-state index contributed by atoms with van der Waals surface area (Å²) in [6.45, 7) is 6.28. The second kappa shape index (κ2) is 12.8. The largest absolute Gasteiger partial charge is 0.392 e. The number of aromatic nitrogens is 4. The van der Waals surface area contributed by atoms with Gasteiger partial charge in [0.2, 0.25) is 11.8 Å². The molecule has 10 nitrogen and oxygen atoms in total. The van der Waals surface area contributed by atoms with Crippen LogP contribution >= 0.6 is 0 Å². The SMILES string of the molecule is C[C@@H](O)CNC(C)(C)CC(=O)N[C@@H]1CCc2ccccc2N(Cc2ccc(-c3ccccc3-c3nnnn3C)cc2)C1=O. The van der Waals surface area contributed by atoms with Gasteiger partial charge in [-0.3, -0.25) is 9.59 Å². The van der Waals surface area contributed by atoms with Gasteiger partial charge in [0.05, 0.1) is 12.6 Å². The standard InChI is InChI=1S/C33H39N7O3/c1-22(41)20-34-33(2,3)19-30(42)35-28-18-17-25-9-5-8-12-29(25)40(32(28)43)21-23-13-15-24(16-14-23)26-10-6-7-11-27(26)31-36-37-38-39(31)4/h5-16,22,28,34,41H,17-21H2,1-4H3,(H,35,42)/t22-,28-/m1/s1. The summed E-state index contributed by atoms with van der Waals surface area (Å²) in [4.78, 5) is 28.8. The van der Waals surface area contributed by atoms with Gasteiger partial charge in [-0.2, -0.15) is 0 Å². The first kappa shape index (κ1) is 30.1. The number of benzene rings is 3. The van der Waals surface area contributed by atoms with Crippen molar-refractivity contribution in [1.29, 1.82) is 0 Å². The van der Waals surface area contributed by atoms with E-state index in [1.807, 2.05) is 93.7 Å². The van der Waals surface area contributed by atoms with Crippen molar-refractivity contribution in [2.24, 2.45) is 7.05 Å². The Morgan fingerprint density at radius 3 is 2.44 bits per heavy atom. The molecule has 1 aliphatic heterocycles. The predicted molar refractivity (Wildman–Crippen MR) is 166 cm³/mol. The highest BCUT2D eigenvalue weighted by Crippen LogP contribution is 2.32. The summed E-state index contributed by atoms with van der Waals surface area (Å²) >= 11 is 0. The lowest BCUT2D eigenvalue weighted by Crippen LogP contribution is -2.51. The number of rotatable bonds is 10. The molecule has 0 aliphatic carbocycles. The topological polar surface area (TPSA) is 125 Å². The molecular weight excluding hydrogens is 542 g/mol. The van der Waals surface area contributed by atoms with Crippen LogP contribution in [0.25, 0.3) is 22.5 Å². The minimum absolute atomic E-state index is 0.128. The molecule has 43 heavy (non-hydrogen) atoms. The van der Waals surface area contributed by atoms with Crippen molar-refractivity contribution in [3.8, 4) is 22.5 Å². The number of hydrogen-bond acceptors (Lipinski definition) is 7. The van der Waals surface area contributed by atoms with E-state index in [4.69, 9.17) is 0 Å². The number of aryl methyl sites for hydroxylation is 2. The molecule has 0 unspecified atom stereocenters. The number of aliphatic hydroxyl groups excluding tert-OH is 1. The molecule has 224 valence electrons. The molecule has 0 saturated heterocycles. The maximum absolute atomic E-state index is 14.0. The first-order valence-corrected chi connectivity index (χ1v) is 14.6. The number of amides is 2. The molecule has 3 aromatic carbocycles. The molecule has 10 heteroatoms. The quantitative estimate of drug-likeness (QED) is 0.261. The van der Waals surface area contributed by atoms with E-state index >= 15 is 0 Å². The van der Waals surface area contributed by atoms with Crippen LogP contribution in [0.2, 0.25) is 0 Å². The van der Waals surface area contributed by atoms with Gasteiger partial charge in [-0.15, -0.1) is 5.10 Å². The van der Waals surface area contributed by atoms with E-state index in [0.717, 1.165) is 33.5 Å². The van der Waals surface area contributed by atoms with E-state index in [0.29, 0.717) is 31.8 Å². The fourth-order valence-corrected chi connectivity index (χ4v) is 5.51. The lowest BCUT2D eigenvalue weighted by atomic mass is 9.98. The number of para-hydroxylation sites is 1. The van der Waals surface area contributed by atoms with Gasteiger partial charge >= 0.3 is 0 Å². The number of aliphatic hydroxyl groups is 1. The van der Waals surface area contributed by atoms with Crippen LogP contribution in [0.4, 0.5) is 5.69 Å². The highest BCUT2D eigenvalue weighted by molar-refractivity contribution is 6.00. The molecule has 5 rings (SSSR count). The molecule has 3 N–H and O–H groups in total. The van der Waals surface area contributed by atoms with Crippen LogP contribution in [0, 0.1) is 0 Å². The van der Waals surface area contributed by atoms with Gasteiger partial charge in [-0.05, 0) is 72.4 Å². The smallest absolute Gasteiger partial charge is 0.249 e. The van der Waals surface area contributed by atoms with Crippen molar-refractivity contribution in [3.05, 3.63) is 83.9 Å². The third-order valence-electron chi connectivity index (χ3n) is 7.76. The Bertz CT molecular complexity index is 1580. The Morgan fingerprint density at radius 2 is 1.74 bits per heavy atom. The molecule has 0 fully saturated rings. The number of carbonyl (C=O) groups is 2. The number of fused-ring (bicyclic) bond motifs is 1. The van der Waals surface area contributed by atoms with Gasteiger partial charge in [0.1, 0.15) is 6.04 Å². The lowest BCUT2D eigenvalue weighted by molar-refractivity contribution is -0.128. The van der Waals surface area contributed by atoms with Gasteiger partial charge in [-0.1, -0.05) is 66.7 Å². The third kappa shape index (κ3) is 7.15. The Kier molecular flexibility index (Phi) is 8.98. The summed E-state index contributed by atoms with van der Waals surface area (Å²) in [6, 6.07) is 23.5. The number of β-amino-alcohol motifs (C(OH)–C–C–N with tert-alkyl or cyclic N) is 1. The van der Waals surface area contributed by atoms with Crippen LogP contribution in [-0.4, -0.2) is 61.4 Å². The maximum Gasteiger partial charge on any atom is 0.249 e. The van der Waals surface area contributed by atoms with Crippen molar-refractivity contribution in [3.63, 3.8) is 0 Å². The molecular formula is C33H39N7O3. The third-order valence-corrected chi connectivity index (χ3v) is 7.76. The number of nitrogens with one attached hydrogen (secondary N) is 2.